The second-order valence-electron chi connectivity index (χ2n) is 7.28. The van der Waals surface area contributed by atoms with Crippen LogP contribution in [0.25, 0.3) is 0 Å². The van der Waals surface area contributed by atoms with Gasteiger partial charge in [-0.15, -0.1) is 5.10 Å². The van der Waals surface area contributed by atoms with Crippen LogP contribution in [0.3, 0.4) is 0 Å². The van der Waals surface area contributed by atoms with Crippen LogP contribution in [-0.2, 0) is 24.5 Å². The number of aromatic nitrogens is 6. The first kappa shape index (κ1) is 22.7. The molecule has 7 nitrogen and oxygen atoms in total. The molecule has 3 aromatic heterocycles. The Labute approximate surface area is 189 Å². The number of halogens is 5. The normalized spacial score (nSPS) is 13.6. The smallest absolute Gasteiger partial charge is 0.323 e. The van der Waals surface area contributed by atoms with Crippen molar-refractivity contribution in [2.45, 2.75) is 24.5 Å². The molecule has 0 radical (unpaired) electrons. The second kappa shape index (κ2) is 8.83. The number of aliphatic hydroxyl groups is 1. The standard InChI is InChI=1S/C21H15ClF4N6O/c22-19-6-2-14(10-28-19)7-13-1-5-18(27-9-13)21(25,26)20(33,11-32-12-29-30-31-32)16-4-3-15(23)8-17(16)24/h1-6,8-10,12,33H,7,11H2. The third-order valence-electron chi connectivity index (χ3n) is 5.02. The van der Waals surface area contributed by atoms with E-state index >= 15 is 8.78 Å². The van der Waals surface area contributed by atoms with Crippen LogP contribution >= 0.6 is 11.6 Å². The van der Waals surface area contributed by atoms with Gasteiger partial charge in [0.1, 0.15) is 28.8 Å². The quantitative estimate of drug-likeness (QED) is 0.322. The van der Waals surface area contributed by atoms with Crippen LogP contribution in [0.1, 0.15) is 22.4 Å². The Morgan fingerprint density at radius 1 is 0.970 bits per heavy atom. The number of alkyl halides is 2. The highest BCUT2D eigenvalue weighted by Crippen LogP contribution is 2.46. The summed E-state index contributed by atoms with van der Waals surface area (Å²) in [5, 5.41) is 21.6. The fourth-order valence-electron chi connectivity index (χ4n) is 3.34. The zero-order valence-corrected chi connectivity index (χ0v) is 17.5. The van der Waals surface area contributed by atoms with E-state index in [0.717, 1.165) is 34.8 Å². The van der Waals surface area contributed by atoms with Crippen LogP contribution in [0.15, 0.2) is 61.2 Å². The molecule has 33 heavy (non-hydrogen) atoms. The van der Waals surface area contributed by atoms with Crippen molar-refractivity contribution < 1.29 is 22.7 Å². The van der Waals surface area contributed by atoms with Crippen molar-refractivity contribution in [2.75, 3.05) is 0 Å². The maximum Gasteiger partial charge on any atom is 0.323 e. The number of hydrogen-bond acceptors (Lipinski definition) is 6. The summed E-state index contributed by atoms with van der Waals surface area (Å²) in [7, 11) is 0. The van der Waals surface area contributed by atoms with Gasteiger partial charge in [-0.1, -0.05) is 23.7 Å². The number of nitrogens with zero attached hydrogens (tertiary/aromatic N) is 6. The number of pyridine rings is 2. The van der Waals surface area contributed by atoms with Crippen molar-refractivity contribution in [2.24, 2.45) is 0 Å². The molecule has 4 aromatic rings. The van der Waals surface area contributed by atoms with Gasteiger partial charge in [0.05, 0.1) is 6.54 Å². The molecule has 1 N–H and O–H groups in total. The first-order chi connectivity index (χ1) is 15.7. The molecule has 0 fully saturated rings. The molecular weight excluding hydrogens is 464 g/mol. The molecule has 3 heterocycles. The van der Waals surface area contributed by atoms with Gasteiger partial charge in [0.15, 0.2) is 5.60 Å². The van der Waals surface area contributed by atoms with E-state index in [1.165, 1.54) is 12.3 Å². The predicted octanol–water partition coefficient (Wildman–Crippen LogP) is 3.67. The molecule has 1 aromatic carbocycles. The van der Waals surface area contributed by atoms with E-state index in [-0.39, 0.29) is 0 Å². The van der Waals surface area contributed by atoms with E-state index in [1.54, 1.807) is 18.3 Å². The largest absolute Gasteiger partial charge is 0.377 e. The number of tetrazole rings is 1. The lowest BCUT2D eigenvalue weighted by Crippen LogP contribution is -2.48. The van der Waals surface area contributed by atoms with Crippen LogP contribution in [0, 0.1) is 11.6 Å². The minimum Gasteiger partial charge on any atom is -0.377 e. The molecule has 0 spiro atoms. The van der Waals surface area contributed by atoms with E-state index < -0.39 is 41.0 Å². The van der Waals surface area contributed by atoms with Gasteiger partial charge in [0.2, 0.25) is 0 Å². The molecule has 0 saturated heterocycles. The Bertz CT molecular complexity index is 1240. The lowest BCUT2D eigenvalue weighted by Gasteiger charge is -2.35. The van der Waals surface area contributed by atoms with Crippen LogP contribution in [0.5, 0.6) is 0 Å². The average molecular weight is 479 g/mol. The Morgan fingerprint density at radius 2 is 1.70 bits per heavy atom. The molecule has 0 amide bonds. The molecule has 1 unspecified atom stereocenters. The van der Waals surface area contributed by atoms with Gasteiger partial charge in [-0.3, -0.25) is 4.98 Å². The van der Waals surface area contributed by atoms with E-state index in [9.17, 15) is 13.9 Å². The Morgan fingerprint density at radius 3 is 2.27 bits per heavy atom. The number of benzene rings is 1. The molecule has 0 aliphatic carbocycles. The van der Waals surface area contributed by atoms with Crippen molar-refractivity contribution >= 4 is 11.6 Å². The Kier molecular flexibility index (Phi) is 6.09. The third-order valence-corrected chi connectivity index (χ3v) is 5.25. The molecule has 0 bridgehead atoms. The van der Waals surface area contributed by atoms with E-state index in [2.05, 4.69) is 25.5 Å². The highest BCUT2D eigenvalue weighted by Gasteiger charge is 2.57. The summed E-state index contributed by atoms with van der Waals surface area (Å²) in [6, 6.07) is 7.71. The molecule has 0 aliphatic heterocycles. The first-order valence-electron chi connectivity index (χ1n) is 9.51. The summed E-state index contributed by atoms with van der Waals surface area (Å²) in [6.07, 6.45) is 4.10. The summed E-state index contributed by atoms with van der Waals surface area (Å²) in [5.74, 6) is -6.45. The van der Waals surface area contributed by atoms with Crippen molar-refractivity contribution in [3.63, 3.8) is 0 Å². The minimum absolute atomic E-state index is 0.321. The van der Waals surface area contributed by atoms with Gasteiger partial charge in [-0.05, 0) is 45.8 Å². The fourth-order valence-corrected chi connectivity index (χ4v) is 3.45. The Balaban J connectivity index is 1.70. The molecule has 170 valence electrons. The van der Waals surface area contributed by atoms with Gasteiger partial charge in [-0.2, -0.15) is 8.78 Å². The summed E-state index contributed by atoms with van der Waals surface area (Å²) < 4.78 is 60.1. The van der Waals surface area contributed by atoms with E-state index in [1.807, 2.05) is 0 Å². The highest BCUT2D eigenvalue weighted by molar-refractivity contribution is 6.29. The molecule has 0 aliphatic rings. The highest BCUT2D eigenvalue weighted by atomic mass is 35.5. The Hall–Kier alpha value is -3.44. The van der Waals surface area contributed by atoms with Gasteiger partial charge >= 0.3 is 5.92 Å². The van der Waals surface area contributed by atoms with Crippen LogP contribution in [0.2, 0.25) is 5.15 Å². The molecule has 0 saturated carbocycles. The summed E-state index contributed by atoms with van der Waals surface area (Å²) in [6.45, 7) is -0.921. The zero-order chi connectivity index (χ0) is 23.6. The number of rotatable bonds is 7. The van der Waals surface area contributed by atoms with Crippen molar-refractivity contribution in [3.05, 3.63) is 100 Å². The van der Waals surface area contributed by atoms with Gasteiger partial charge in [0.25, 0.3) is 0 Å². The fraction of sp³-hybridized carbons (Fsp3) is 0.190. The lowest BCUT2D eigenvalue weighted by atomic mass is 9.84. The van der Waals surface area contributed by atoms with Crippen LogP contribution < -0.4 is 0 Å². The van der Waals surface area contributed by atoms with Crippen molar-refractivity contribution in [1.82, 2.24) is 30.2 Å². The van der Waals surface area contributed by atoms with Gasteiger partial charge < -0.3 is 5.11 Å². The predicted molar refractivity (Wildman–Crippen MR) is 108 cm³/mol. The van der Waals surface area contributed by atoms with Crippen molar-refractivity contribution in [3.8, 4) is 0 Å². The summed E-state index contributed by atoms with van der Waals surface area (Å²) >= 11 is 5.76. The maximum absolute atomic E-state index is 15.7. The third kappa shape index (κ3) is 4.55. The molecule has 4 rings (SSSR count). The maximum atomic E-state index is 15.7. The topological polar surface area (TPSA) is 89.6 Å². The van der Waals surface area contributed by atoms with E-state index in [4.69, 9.17) is 11.6 Å². The van der Waals surface area contributed by atoms with Crippen LogP contribution in [-0.4, -0.2) is 35.3 Å². The zero-order valence-electron chi connectivity index (χ0n) is 16.7. The minimum atomic E-state index is -4.11. The summed E-state index contributed by atoms with van der Waals surface area (Å²) in [5.41, 5.74) is -3.46. The monoisotopic (exact) mass is 478 g/mol. The van der Waals surface area contributed by atoms with Crippen molar-refractivity contribution in [1.29, 1.82) is 0 Å². The van der Waals surface area contributed by atoms with Gasteiger partial charge in [0, 0.05) is 30.4 Å². The molecule has 12 heteroatoms. The summed E-state index contributed by atoms with van der Waals surface area (Å²) in [4.78, 5) is 7.78. The molecule has 1 atom stereocenters. The van der Waals surface area contributed by atoms with E-state index in [0.29, 0.717) is 23.2 Å². The SMILES string of the molecule is OC(Cn1cnnn1)(c1ccc(F)cc1F)C(F)(F)c1ccc(Cc2ccc(Cl)nc2)cn1. The van der Waals surface area contributed by atoms with Gasteiger partial charge in [-0.25, -0.2) is 18.4 Å². The average Bonchev–Trinajstić information content (AvgIpc) is 3.28. The second-order valence-corrected chi connectivity index (χ2v) is 7.67. The molecular formula is C21H15ClF4N6O. The van der Waals surface area contributed by atoms with Crippen LogP contribution in [0.4, 0.5) is 17.6 Å². The number of hydrogen-bond donors (Lipinski definition) is 1. The first-order valence-corrected chi connectivity index (χ1v) is 9.89. The lowest BCUT2D eigenvalue weighted by molar-refractivity contribution is -0.207.